The highest BCUT2D eigenvalue weighted by Gasteiger charge is 2.40. The molecule has 1 unspecified atom stereocenters. The predicted molar refractivity (Wildman–Crippen MR) is 71.3 cm³/mol. The molecule has 4 nitrogen and oxygen atoms in total. The van der Waals surface area contributed by atoms with Crippen molar-refractivity contribution in [3.05, 3.63) is 29.8 Å². The van der Waals surface area contributed by atoms with Crippen LogP contribution in [0.5, 0.6) is 0 Å². The van der Waals surface area contributed by atoms with Crippen LogP contribution in [0.4, 0.5) is 5.69 Å². The van der Waals surface area contributed by atoms with E-state index in [4.69, 9.17) is 10.5 Å². The van der Waals surface area contributed by atoms with Crippen LogP contribution in [0, 0.1) is 0 Å². The minimum absolute atomic E-state index is 0.000833. The van der Waals surface area contributed by atoms with E-state index in [9.17, 15) is 4.79 Å². The number of likely N-dealkylation sites (N-methyl/N-ethyl adjacent to an activating group) is 1. The molecule has 0 spiro atoms. The van der Waals surface area contributed by atoms with E-state index in [1.165, 1.54) is 0 Å². The zero-order valence-electron chi connectivity index (χ0n) is 11.0. The molecule has 1 atom stereocenters. The fraction of sp³-hybridized carbons (Fsp3) is 0.500. The zero-order valence-corrected chi connectivity index (χ0v) is 11.0. The van der Waals surface area contributed by atoms with Gasteiger partial charge in [0.2, 0.25) is 0 Å². The number of carbonyl (C=O) groups is 1. The summed E-state index contributed by atoms with van der Waals surface area (Å²) in [5.74, 6) is 0.000833. The number of anilines is 1. The van der Waals surface area contributed by atoms with E-state index in [2.05, 4.69) is 0 Å². The van der Waals surface area contributed by atoms with Crippen LogP contribution in [0.15, 0.2) is 24.3 Å². The van der Waals surface area contributed by atoms with Gasteiger partial charge in [0.1, 0.15) is 5.60 Å². The van der Waals surface area contributed by atoms with Gasteiger partial charge in [-0.3, -0.25) is 4.79 Å². The number of rotatable bonds is 3. The van der Waals surface area contributed by atoms with E-state index >= 15 is 0 Å². The maximum atomic E-state index is 12.5. The van der Waals surface area contributed by atoms with Crippen molar-refractivity contribution >= 4 is 11.6 Å². The third-order valence-corrected chi connectivity index (χ3v) is 3.55. The fourth-order valence-corrected chi connectivity index (χ4v) is 2.42. The summed E-state index contributed by atoms with van der Waals surface area (Å²) in [4.78, 5) is 14.2. The van der Waals surface area contributed by atoms with Crippen LogP contribution in [0.25, 0.3) is 0 Å². The molecule has 1 aliphatic rings. The van der Waals surface area contributed by atoms with Crippen molar-refractivity contribution in [2.24, 2.45) is 5.73 Å². The van der Waals surface area contributed by atoms with E-state index in [1.807, 2.05) is 31.2 Å². The summed E-state index contributed by atoms with van der Waals surface area (Å²) in [5, 5.41) is 0. The number of nitrogens with zero attached hydrogens (tertiary/aromatic N) is 1. The topological polar surface area (TPSA) is 55.6 Å². The Labute approximate surface area is 108 Å². The average molecular weight is 248 g/mol. The molecule has 1 saturated heterocycles. The van der Waals surface area contributed by atoms with Gasteiger partial charge in [0, 0.05) is 25.9 Å². The predicted octanol–water partition coefficient (Wildman–Crippen LogP) is 1.68. The van der Waals surface area contributed by atoms with Crippen LogP contribution in [0.1, 0.15) is 25.3 Å². The van der Waals surface area contributed by atoms with Gasteiger partial charge in [0.05, 0.1) is 0 Å². The number of para-hydroxylation sites is 1. The molecule has 0 aliphatic carbocycles. The highest BCUT2D eigenvalue weighted by Crippen LogP contribution is 2.29. The molecule has 1 aromatic carbocycles. The fourth-order valence-electron chi connectivity index (χ4n) is 2.42. The summed E-state index contributed by atoms with van der Waals surface area (Å²) in [6.45, 7) is 2.95. The SMILES string of the molecule is CN(C(=O)C1(C)CCCO1)c1ccccc1CN. The molecule has 2 rings (SSSR count). The molecule has 1 aliphatic heterocycles. The summed E-state index contributed by atoms with van der Waals surface area (Å²) in [6, 6.07) is 7.70. The Hall–Kier alpha value is -1.39. The van der Waals surface area contributed by atoms with Crippen molar-refractivity contribution in [2.45, 2.75) is 31.9 Å². The molecule has 0 radical (unpaired) electrons. The van der Waals surface area contributed by atoms with Gasteiger partial charge in [-0.25, -0.2) is 0 Å². The molecular formula is C14H20N2O2. The van der Waals surface area contributed by atoms with Crippen molar-refractivity contribution in [1.82, 2.24) is 0 Å². The molecule has 1 heterocycles. The number of benzene rings is 1. The standard InChI is InChI=1S/C14H20N2O2/c1-14(8-5-9-18-14)13(17)16(2)12-7-4-3-6-11(12)10-15/h3-4,6-7H,5,8-10,15H2,1-2H3. The van der Waals surface area contributed by atoms with Gasteiger partial charge < -0.3 is 15.4 Å². The van der Waals surface area contributed by atoms with Crippen LogP contribution in [0.2, 0.25) is 0 Å². The highest BCUT2D eigenvalue weighted by molar-refractivity contribution is 5.99. The highest BCUT2D eigenvalue weighted by atomic mass is 16.5. The Morgan fingerprint density at radius 3 is 2.83 bits per heavy atom. The molecule has 1 amide bonds. The van der Waals surface area contributed by atoms with Crippen LogP contribution in [-0.4, -0.2) is 25.2 Å². The molecule has 0 saturated carbocycles. The smallest absolute Gasteiger partial charge is 0.258 e. The zero-order chi connectivity index (χ0) is 13.2. The number of hydrogen-bond donors (Lipinski definition) is 1. The van der Waals surface area contributed by atoms with Gasteiger partial charge in [0.25, 0.3) is 5.91 Å². The molecule has 98 valence electrons. The number of hydrogen-bond acceptors (Lipinski definition) is 3. The normalized spacial score (nSPS) is 23.1. The Kier molecular flexibility index (Phi) is 3.68. The first kappa shape index (κ1) is 13.1. The minimum atomic E-state index is -0.684. The lowest BCUT2D eigenvalue weighted by Gasteiger charge is -2.29. The summed E-state index contributed by atoms with van der Waals surface area (Å²) >= 11 is 0. The Morgan fingerprint density at radius 1 is 1.50 bits per heavy atom. The summed E-state index contributed by atoms with van der Waals surface area (Å²) < 4.78 is 5.60. The Balaban J connectivity index is 2.25. The third kappa shape index (κ3) is 2.26. The van der Waals surface area contributed by atoms with Crippen LogP contribution < -0.4 is 10.6 Å². The first-order valence-electron chi connectivity index (χ1n) is 6.28. The molecule has 4 heteroatoms. The van der Waals surface area contributed by atoms with E-state index in [0.717, 1.165) is 24.1 Å². The van der Waals surface area contributed by atoms with Gasteiger partial charge in [-0.2, -0.15) is 0 Å². The number of carbonyl (C=O) groups excluding carboxylic acids is 1. The van der Waals surface area contributed by atoms with Gasteiger partial charge in [-0.15, -0.1) is 0 Å². The van der Waals surface area contributed by atoms with Crippen molar-refractivity contribution in [1.29, 1.82) is 0 Å². The van der Waals surface area contributed by atoms with Crippen LogP contribution in [-0.2, 0) is 16.1 Å². The molecule has 1 aromatic rings. The number of ether oxygens (including phenoxy) is 1. The van der Waals surface area contributed by atoms with Gasteiger partial charge in [-0.1, -0.05) is 18.2 Å². The molecule has 2 N–H and O–H groups in total. The van der Waals surface area contributed by atoms with Crippen molar-refractivity contribution < 1.29 is 9.53 Å². The molecule has 1 fully saturated rings. The Bertz CT molecular complexity index is 439. The second-order valence-electron chi connectivity index (χ2n) is 4.88. The largest absolute Gasteiger partial charge is 0.365 e. The average Bonchev–Trinajstić information content (AvgIpc) is 2.85. The van der Waals surface area contributed by atoms with Crippen molar-refractivity contribution in [3.63, 3.8) is 0 Å². The lowest BCUT2D eigenvalue weighted by atomic mass is 10.0. The van der Waals surface area contributed by atoms with E-state index in [-0.39, 0.29) is 5.91 Å². The third-order valence-electron chi connectivity index (χ3n) is 3.55. The maximum absolute atomic E-state index is 12.5. The quantitative estimate of drug-likeness (QED) is 0.885. The van der Waals surface area contributed by atoms with E-state index in [1.54, 1.807) is 11.9 Å². The lowest BCUT2D eigenvalue weighted by molar-refractivity contribution is -0.136. The minimum Gasteiger partial charge on any atom is -0.365 e. The molecule has 18 heavy (non-hydrogen) atoms. The summed E-state index contributed by atoms with van der Waals surface area (Å²) in [5.41, 5.74) is 6.85. The lowest BCUT2D eigenvalue weighted by Crippen LogP contribution is -2.45. The second kappa shape index (κ2) is 5.08. The van der Waals surface area contributed by atoms with Crippen molar-refractivity contribution in [3.8, 4) is 0 Å². The molecule has 0 bridgehead atoms. The molecular weight excluding hydrogens is 228 g/mol. The van der Waals surface area contributed by atoms with E-state index in [0.29, 0.717) is 13.2 Å². The number of amides is 1. The maximum Gasteiger partial charge on any atom is 0.258 e. The second-order valence-corrected chi connectivity index (χ2v) is 4.88. The summed E-state index contributed by atoms with van der Waals surface area (Å²) in [7, 11) is 1.78. The first-order chi connectivity index (χ1) is 8.58. The van der Waals surface area contributed by atoms with Gasteiger partial charge in [-0.05, 0) is 31.4 Å². The Morgan fingerprint density at radius 2 is 2.22 bits per heavy atom. The van der Waals surface area contributed by atoms with Crippen molar-refractivity contribution in [2.75, 3.05) is 18.6 Å². The first-order valence-corrected chi connectivity index (χ1v) is 6.28. The monoisotopic (exact) mass is 248 g/mol. The number of nitrogens with two attached hydrogens (primary N) is 1. The van der Waals surface area contributed by atoms with Crippen LogP contribution in [0.3, 0.4) is 0 Å². The van der Waals surface area contributed by atoms with E-state index < -0.39 is 5.60 Å². The van der Waals surface area contributed by atoms with Gasteiger partial charge >= 0.3 is 0 Å². The van der Waals surface area contributed by atoms with Crippen LogP contribution >= 0.6 is 0 Å². The molecule has 0 aromatic heterocycles. The van der Waals surface area contributed by atoms with Gasteiger partial charge in [0.15, 0.2) is 0 Å². The summed E-state index contributed by atoms with van der Waals surface area (Å²) in [6.07, 6.45) is 1.72.